The van der Waals surface area contributed by atoms with Crippen LogP contribution < -0.4 is 0 Å². The van der Waals surface area contributed by atoms with Crippen LogP contribution in [0, 0.1) is 5.32 Å². The predicted molar refractivity (Wildman–Crippen MR) is 24.1 cm³/mol. The van der Waals surface area contributed by atoms with Crippen molar-refractivity contribution in [2.45, 2.75) is 18.2 Å². The predicted octanol–water partition coefficient (Wildman–Crippen LogP) is 1.06. The average molecular weight is 134 g/mol. The van der Waals surface area contributed by atoms with Crippen molar-refractivity contribution >= 4 is 15.0 Å². The summed E-state index contributed by atoms with van der Waals surface area (Å²) in [6, 6.07) is 0. The summed E-state index contributed by atoms with van der Waals surface area (Å²) in [5.74, 6) is 0. The maximum atomic E-state index is 2.42. The van der Waals surface area contributed by atoms with E-state index in [4.69, 9.17) is 0 Å². The van der Waals surface area contributed by atoms with Crippen LogP contribution in [0.25, 0.3) is 0 Å². The molecule has 0 atom stereocenters. The van der Waals surface area contributed by atoms with E-state index in [2.05, 4.69) is 5.32 Å². The second kappa shape index (κ2) is 1.84. The fourth-order valence-electron chi connectivity index (χ4n) is 0.417. The first-order chi connectivity index (χ1) is 2.50. The molecule has 0 N–H and O–H groups in total. The average Bonchev–Trinajstić information content (AvgIpc) is 1.76. The molecule has 1 fully saturated rings. The van der Waals surface area contributed by atoms with Crippen LogP contribution in [0.2, 0.25) is 5.32 Å². The zero-order valence-corrected chi connectivity index (χ0v) is 4.82. The summed E-state index contributed by atoms with van der Waals surface area (Å²) >= 11 is 0.944. The zero-order chi connectivity index (χ0) is 3.54. The van der Waals surface area contributed by atoms with E-state index in [1.54, 1.807) is 0 Å². The molecule has 29 valence electrons. The van der Waals surface area contributed by atoms with E-state index >= 15 is 0 Å². The molecule has 0 aromatic carbocycles. The first-order valence-corrected chi connectivity index (χ1v) is 4.13. The molecule has 1 heterocycles. The van der Waals surface area contributed by atoms with Crippen molar-refractivity contribution in [3.63, 3.8) is 0 Å². The minimum atomic E-state index is 0.944. The zero-order valence-electron chi connectivity index (χ0n) is 3.11. The van der Waals surface area contributed by atoms with Crippen LogP contribution in [0.3, 0.4) is 0 Å². The van der Waals surface area contributed by atoms with Gasteiger partial charge < -0.3 is 0 Å². The summed E-state index contributed by atoms with van der Waals surface area (Å²) in [6.07, 6.45) is 2.88. The molecule has 0 aromatic rings. The molecule has 0 saturated carbocycles. The Hall–Kier alpha value is 0.519. The van der Waals surface area contributed by atoms with Gasteiger partial charge in [0.2, 0.25) is 0 Å². The second-order valence-corrected chi connectivity index (χ2v) is 3.43. The molecule has 1 heteroatoms. The van der Waals surface area contributed by atoms with Gasteiger partial charge in [-0.05, 0) is 0 Å². The standard InChI is InChI=1S/C4H7Se/c1-2-4-5-3-1/h3H,1-2,4H2. The number of hydrogen-bond acceptors (Lipinski definition) is 0. The van der Waals surface area contributed by atoms with E-state index in [0.717, 1.165) is 15.0 Å². The Balaban J connectivity index is 2.08. The summed E-state index contributed by atoms with van der Waals surface area (Å²) in [7, 11) is 0. The van der Waals surface area contributed by atoms with Gasteiger partial charge in [0.1, 0.15) is 0 Å². The van der Waals surface area contributed by atoms with Gasteiger partial charge in [0, 0.05) is 0 Å². The van der Waals surface area contributed by atoms with E-state index < -0.39 is 0 Å². The van der Waals surface area contributed by atoms with Gasteiger partial charge in [0.25, 0.3) is 0 Å². The van der Waals surface area contributed by atoms with Crippen LogP contribution in [0.4, 0.5) is 0 Å². The van der Waals surface area contributed by atoms with Crippen molar-refractivity contribution in [2.75, 3.05) is 0 Å². The first kappa shape index (κ1) is 3.70. The van der Waals surface area contributed by atoms with Gasteiger partial charge in [-0.15, -0.1) is 0 Å². The summed E-state index contributed by atoms with van der Waals surface area (Å²) in [4.78, 5) is 0. The van der Waals surface area contributed by atoms with Crippen LogP contribution in [0.15, 0.2) is 0 Å². The van der Waals surface area contributed by atoms with Crippen LogP contribution >= 0.6 is 0 Å². The molecule has 0 spiro atoms. The molecule has 1 aliphatic rings. The van der Waals surface area contributed by atoms with Crippen LogP contribution in [0.1, 0.15) is 12.8 Å². The van der Waals surface area contributed by atoms with Crippen LogP contribution in [0.5, 0.6) is 0 Å². The van der Waals surface area contributed by atoms with Gasteiger partial charge in [-0.1, -0.05) is 0 Å². The van der Waals surface area contributed by atoms with Gasteiger partial charge in [-0.2, -0.15) is 0 Å². The Bertz CT molecular complexity index is 15.2. The van der Waals surface area contributed by atoms with Gasteiger partial charge in [0.15, 0.2) is 0 Å². The molecule has 1 saturated heterocycles. The summed E-state index contributed by atoms with van der Waals surface area (Å²) in [6.45, 7) is 0. The SMILES string of the molecule is [CH]1CCC[Se]1. The maximum absolute atomic E-state index is 2.42. The third-order valence-electron chi connectivity index (χ3n) is 0.702. The molecule has 5 heavy (non-hydrogen) atoms. The Kier molecular flexibility index (Phi) is 1.36. The van der Waals surface area contributed by atoms with Gasteiger partial charge in [-0.3, -0.25) is 0 Å². The quantitative estimate of drug-likeness (QED) is 0.434. The molecule has 0 aromatic heterocycles. The van der Waals surface area contributed by atoms with Crippen LogP contribution in [-0.4, -0.2) is 15.0 Å². The molecule has 1 aliphatic heterocycles. The molecule has 0 aliphatic carbocycles. The number of hydrogen-bond donors (Lipinski definition) is 0. The molecule has 0 unspecified atom stereocenters. The Morgan fingerprint density at radius 1 is 1.60 bits per heavy atom. The molecule has 1 radical (unpaired) electrons. The Morgan fingerprint density at radius 3 is 2.80 bits per heavy atom. The van der Waals surface area contributed by atoms with Crippen molar-refractivity contribution in [3.8, 4) is 0 Å². The Morgan fingerprint density at radius 2 is 2.60 bits per heavy atom. The minimum absolute atomic E-state index is 0.944. The molecular weight excluding hydrogens is 127 g/mol. The third kappa shape index (κ3) is 0.942. The van der Waals surface area contributed by atoms with Gasteiger partial charge in [-0.25, -0.2) is 0 Å². The fourth-order valence-corrected chi connectivity index (χ4v) is 2.17. The fraction of sp³-hybridized carbons (Fsp3) is 0.750. The third-order valence-corrected chi connectivity index (χ3v) is 2.79. The molecular formula is C4H7Se. The van der Waals surface area contributed by atoms with Crippen molar-refractivity contribution in [2.24, 2.45) is 0 Å². The summed E-state index contributed by atoms with van der Waals surface area (Å²) in [5.41, 5.74) is 0. The Labute approximate surface area is 39.1 Å². The number of rotatable bonds is 0. The summed E-state index contributed by atoms with van der Waals surface area (Å²) < 4.78 is 0. The second-order valence-electron chi connectivity index (χ2n) is 1.18. The molecule has 0 amide bonds. The monoisotopic (exact) mass is 135 g/mol. The van der Waals surface area contributed by atoms with Crippen molar-refractivity contribution in [1.29, 1.82) is 0 Å². The van der Waals surface area contributed by atoms with Crippen molar-refractivity contribution < 1.29 is 0 Å². The first-order valence-electron chi connectivity index (χ1n) is 1.93. The molecule has 0 nitrogen and oxygen atoms in total. The van der Waals surface area contributed by atoms with E-state index in [1.807, 2.05) is 0 Å². The van der Waals surface area contributed by atoms with E-state index in [1.165, 1.54) is 18.2 Å². The van der Waals surface area contributed by atoms with E-state index in [-0.39, 0.29) is 0 Å². The van der Waals surface area contributed by atoms with Gasteiger partial charge >= 0.3 is 38.4 Å². The van der Waals surface area contributed by atoms with E-state index in [9.17, 15) is 0 Å². The topological polar surface area (TPSA) is 0 Å². The van der Waals surface area contributed by atoms with E-state index in [0.29, 0.717) is 0 Å². The van der Waals surface area contributed by atoms with Crippen molar-refractivity contribution in [3.05, 3.63) is 5.32 Å². The molecule has 0 bridgehead atoms. The van der Waals surface area contributed by atoms with Crippen molar-refractivity contribution in [1.82, 2.24) is 0 Å². The summed E-state index contributed by atoms with van der Waals surface area (Å²) in [5, 5.41) is 3.93. The van der Waals surface area contributed by atoms with Crippen LogP contribution in [-0.2, 0) is 0 Å². The normalized spacial score (nSPS) is 24.0. The molecule has 1 rings (SSSR count). The van der Waals surface area contributed by atoms with Gasteiger partial charge in [0.05, 0.1) is 0 Å².